The summed E-state index contributed by atoms with van der Waals surface area (Å²) in [6, 6.07) is 8.24. The Labute approximate surface area is 124 Å². The Morgan fingerprint density at radius 1 is 1.35 bits per heavy atom. The summed E-state index contributed by atoms with van der Waals surface area (Å²) in [7, 11) is 0. The van der Waals surface area contributed by atoms with Gasteiger partial charge < -0.3 is 10.5 Å². The lowest BCUT2D eigenvalue weighted by molar-refractivity contribution is 0.341. The molecule has 2 nitrogen and oxygen atoms in total. The second kappa shape index (κ2) is 5.49. The van der Waals surface area contributed by atoms with Crippen LogP contribution in [0.4, 0.5) is 5.00 Å². The first kappa shape index (κ1) is 13.5. The fourth-order valence-corrected chi connectivity index (χ4v) is 4.32. The van der Waals surface area contributed by atoms with Gasteiger partial charge in [-0.05, 0) is 43.7 Å². The highest BCUT2D eigenvalue weighted by Gasteiger charge is 2.24. The second-order valence-corrected chi connectivity index (χ2v) is 6.66. The van der Waals surface area contributed by atoms with E-state index in [1.807, 2.05) is 19.1 Å². The van der Waals surface area contributed by atoms with E-state index in [1.165, 1.54) is 28.8 Å². The molecule has 0 aliphatic heterocycles. The summed E-state index contributed by atoms with van der Waals surface area (Å²) in [5, 5.41) is 0.941. The average molecular weight is 287 g/mol. The number of para-hydroxylation sites is 1. The van der Waals surface area contributed by atoms with Gasteiger partial charge in [0.1, 0.15) is 5.75 Å². The fourth-order valence-electron chi connectivity index (χ4n) is 3.02. The summed E-state index contributed by atoms with van der Waals surface area (Å²) < 4.78 is 5.78. The van der Waals surface area contributed by atoms with Crippen LogP contribution in [-0.2, 0) is 12.8 Å². The lowest BCUT2D eigenvalue weighted by atomic mass is 9.86. The zero-order valence-corrected chi connectivity index (χ0v) is 12.9. The first-order valence-corrected chi connectivity index (χ1v) is 8.14. The predicted molar refractivity (Wildman–Crippen MR) is 86.5 cm³/mol. The van der Waals surface area contributed by atoms with E-state index in [-0.39, 0.29) is 0 Å². The van der Waals surface area contributed by atoms with E-state index in [0.29, 0.717) is 6.61 Å². The first-order chi connectivity index (χ1) is 9.70. The van der Waals surface area contributed by atoms with Gasteiger partial charge in [-0.3, -0.25) is 0 Å². The molecule has 0 bridgehead atoms. The lowest BCUT2D eigenvalue weighted by Gasteiger charge is -2.19. The van der Waals surface area contributed by atoms with Gasteiger partial charge in [-0.15, -0.1) is 11.3 Å². The molecule has 106 valence electrons. The molecule has 0 spiro atoms. The molecule has 1 aliphatic rings. The van der Waals surface area contributed by atoms with Gasteiger partial charge in [-0.2, -0.15) is 0 Å². The molecule has 0 amide bonds. The van der Waals surface area contributed by atoms with Gasteiger partial charge >= 0.3 is 0 Å². The number of anilines is 1. The number of nitrogens with two attached hydrogens (primary N) is 1. The van der Waals surface area contributed by atoms with Crippen molar-refractivity contribution in [2.24, 2.45) is 5.92 Å². The molecule has 0 saturated carbocycles. The Morgan fingerprint density at radius 3 is 2.95 bits per heavy atom. The largest absolute Gasteiger partial charge is 0.493 e. The van der Waals surface area contributed by atoms with Crippen LogP contribution in [0.25, 0.3) is 11.1 Å². The standard InChI is InChI=1S/C17H21NOS/c1-3-19-14-7-5-4-6-12(14)16-13-9-8-11(2)10-15(13)20-17(16)18/h4-7,11H,3,8-10,18H2,1-2H3. The number of fused-ring (bicyclic) bond motifs is 1. The van der Waals surface area contributed by atoms with Crippen molar-refractivity contribution in [2.45, 2.75) is 33.1 Å². The van der Waals surface area contributed by atoms with Crippen LogP contribution in [0.1, 0.15) is 30.7 Å². The van der Waals surface area contributed by atoms with Crippen molar-refractivity contribution in [1.29, 1.82) is 0 Å². The minimum absolute atomic E-state index is 0.681. The maximum atomic E-state index is 6.33. The fraction of sp³-hybridized carbons (Fsp3) is 0.412. The van der Waals surface area contributed by atoms with Crippen molar-refractivity contribution < 1.29 is 4.74 Å². The highest BCUT2D eigenvalue weighted by atomic mass is 32.1. The Hall–Kier alpha value is -1.48. The van der Waals surface area contributed by atoms with E-state index in [2.05, 4.69) is 19.1 Å². The van der Waals surface area contributed by atoms with Gasteiger partial charge in [0.05, 0.1) is 11.6 Å². The van der Waals surface area contributed by atoms with Crippen LogP contribution in [-0.4, -0.2) is 6.61 Å². The van der Waals surface area contributed by atoms with Gasteiger partial charge in [-0.25, -0.2) is 0 Å². The molecular weight excluding hydrogens is 266 g/mol. The number of ether oxygens (including phenoxy) is 1. The predicted octanol–water partition coefficient (Wildman–Crippen LogP) is 4.52. The number of rotatable bonds is 3. The van der Waals surface area contributed by atoms with Crippen LogP contribution in [0.15, 0.2) is 24.3 Å². The molecule has 1 heterocycles. The normalized spacial score (nSPS) is 17.8. The number of thiophene rings is 1. The molecule has 1 unspecified atom stereocenters. The summed E-state index contributed by atoms with van der Waals surface area (Å²) in [5.74, 6) is 1.72. The summed E-state index contributed by atoms with van der Waals surface area (Å²) in [6.07, 6.45) is 3.56. The molecule has 2 N–H and O–H groups in total. The first-order valence-electron chi connectivity index (χ1n) is 7.33. The Balaban J connectivity index is 2.11. The zero-order chi connectivity index (χ0) is 14.1. The minimum atomic E-state index is 0.681. The SMILES string of the molecule is CCOc1ccccc1-c1c(N)sc2c1CCC(C)C2. The van der Waals surface area contributed by atoms with E-state index < -0.39 is 0 Å². The molecule has 1 aromatic heterocycles. The van der Waals surface area contributed by atoms with Crippen LogP contribution < -0.4 is 10.5 Å². The van der Waals surface area contributed by atoms with Gasteiger partial charge in [-0.1, -0.05) is 25.1 Å². The number of benzene rings is 1. The summed E-state index contributed by atoms with van der Waals surface area (Å²) >= 11 is 1.76. The monoisotopic (exact) mass is 287 g/mol. The zero-order valence-electron chi connectivity index (χ0n) is 12.1. The van der Waals surface area contributed by atoms with Crippen molar-refractivity contribution in [1.82, 2.24) is 0 Å². The number of hydrogen-bond acceptors (Lipinski definition) is 3. The maximum absolute atomic E-state index is 6.33. The Kier molecular flexibility index (Phi) is 3.70. The lowest BCUT2D eigenvalue weighted by Crippen LogP contribution is -2.09. The molecular formula is C17H21NOS. The van der Waals surface area contributed by atoms with Crippen LogP contribution in [0.2, 0.25) is 0 Å². The molecule has 0 radical (unpaired) electrons. The quantitative estimate of drug-likeness (QED) is 0.900. The van der Waals surface area contributed by atoms with Crippen LogP contribution in [0.5, 0.6) is 5.75 Å². The molecule has 0 fully saturated rings. The van der Waals surface area contributed by atoms with Crippen molar-refractivity contribution in [3.63, 3.8) is 0 Å². The molecule has 3 heteroatoms. The Morgan fingerprint density at radius 2 is 2.15 bits per heavy atom. The van der Waals surface area contributed by atoms with Crippen molar-refractivity contribution in [3.8, 4) is 16.9 Å². The van der Waals surface area contributed by atoms with Crippen LogP contribution in [0.3, 0.4) is 0 Å². The van der Waals surface area contributed by atoms with E-state index in [9.17, 15) is 0 Å². The van der Waals surface area contributed by atoms with E-state index in [1.54, 1.807) is 11.3 Å². The second-order valence-electron chi connectivity index (χ2n) is 5.52. The molecule has 1 aromatic carbocycles. The van der Waals surface area contributed by atoms with Crippen molar-refractivity contribution in [2.75, 3.05) is 12.3 Å². The number of hydrogen-bond donors (Lipinski definition) is 1. The smallest absolute Gasteiger partial charge is 0.127 e. The minimum Gasteiger partial charge on any atom is -0.493 e. The molecule has 2 aromatic rings. The molecule has 1 atom stereocenters. The highest BCUT2D eigenvalue weighted by molar-refractivity contribution is 7.16. The molecule has 20 heavy (non-hydrogen) atoms. The summed E-state index contributed by atoms with van der Waals surface area (Å²) in [5.41, 5.74) is 10.2. The topological polar surface area (TPSA) is 35.2 Å². The van der Waals surface area contributed by atoms with Crippen LogP contribution in [0, 0.1) is 5.92 Å². The summed E-state index contributed by atoms with van der Waals surface area (Å²) in [4.78, 5) is 1.47. The average Bonchev–Trinajstić information content (AvgIpc) is 2.75. The maximum Gasteiger partial charge on any atom is 0.127 e. The van der Waals surface area contributed by atoms with Crippen molar-refractivity contribution in [3.05, 3.63) is 34.7 Å². The molecule has 0 saturated heterocycles. The van der Waals surface area contributed by atoms with E-state index in [4.69, 9.17) is 10.5 Å². The highest BCUT2D eigenvalue weighted by Crippen LogP contribution is 2.46. The molecule has 1 aliphatic carbocycles. The Bertz CT molecular complexity index is 617. The van der Waals surface area contributed by atoms with E-state index in [0.717, 1.165) is 28.7 Å². The van der Waals surface area contributed by atoms with Gasteiger partial charge in [0.15, 0.2) is 0 Å². The third-order valence-corrected chi connectivity index (χ3v) is 5.08. The van der Waals surface area contributed by atoms with Crippen molar-refractivity contribution >= 4 is 16.3 Å². The van der Waals surface area contributed by atoms with Gasteiger partial charge in [0.2, 0.25) is 0 Å². The summed E-state index contributed by atoms with van der Waals surface area (Å²) in [6.45, 7) is 5.03. The number of nitrogen functional groups attached to an aromatic ring is 1. The third-order valence-electron chi connectivity index (χ3n) is 4.00. The van der Waals surface area contributed by atoms with E-state index >= 15 is 0 Å². The van der Waals surface area contributed by atoms with Crippen LogP contribution >= 0.6 is 11.3 Å². The van der Waals surface area contributed by atoms with Gasteiger partial charge in [0.25, 0.3) is 0 Å². The third kappa shape index (κ3) is 2.31. The van der Waals surface area contributed by atoms with Gasteiger partial charge in [0, 0.05) is 16.0 Å². The molecule has 3 rings (SSSR count).